The number of nitrogens with zero attached hydrogens (tertiary/aromatic N) is 2. The zero-order chi connectivity index (χ0) is 22.9. The number of fused-ring (bicyclic) bond motifs is 1. The number of benzene rings is 1. The fourth-order valence-corrected chi connectivity index (χ4v) is 5.05. The normalized spacial score (nSPS) is 20.6. The highest BCUT2D eigenvalue weighted by atomic mass is 16.2. The molecule has 1 aromatic carbocycles. The molecule has 2 heterocycles. The van der Waals surface area contributed by atoms with Crippen molar-refractivity contribution in [1.29, 1.82) is 0 Å². The SMILES string of the molecule is C[C@H]1CCCCN1CCNC(=O)c1c2c(cn(-c3ccccc3)c1=O)C(=O)CC(C)(C)C2. The maximum atomic E-state index is 13.5. The van der Waals surface area contributed by atoms with E-state index in [4.69, 9.17) is 0 Å². The quantitative estimate of drug-likeness (QED) is 0.779. The Balaban J connectivity index is 1.68. The van der Waals surface area contributed by atoms with E-state index in [1.54, 1.807) is 6.20 Å². The van der Waals surface area contributed by atoms with Gasteiger partial charge in [0.2, 0.25) is 0 Å². The van der Waals surface area contributed by atoms with Crippen molar-refractivity contribution in [1.82, 2.24) is 14.8 Å². The first-order valence-electron chi connectivity index (χ1n) is 11.7. The molecule has 6 heteroatoms. The van der Waals surface area contributed by atoms with Crippen LogP contribution in [-0.2, 0) is 6.42 Å². The molecule has 1 aliphatic carbocycles. The number of amides is 1. The molecule has 170 valence electrons. The van der Waals surface area contributed by atoms with Crippen molar-refractivity contribution in [2.24, 2.45) is 5.41 Å². The second-order valence-corrected chi connectivity index (χ2v) is 9.98. The van der Waals surface area contributed by atoms with Crippen LogP contribution in [0.1, 0.15) is 72.7 Å². The fraction of sp³-hybridized carbons (Fsp3) is 0.500. The average molecular weight is 436 g/mol. The van der Waals surface area contributed by atoms with Crippen molar-refractivity contribution >= 4 is 11.7 Å². The number of Topliss-reactive ketones (excluding diaryl/α,β-unsaturated/α-hetero) is 1. The van der Waals surface area contributed by atoms with Gasteiger partial charge in [0.15, 0.2) is 5.78 Å². The Labute approximate surface area is 189 Å². The van der Waals surface area contributed by atoms with Gasteiger partial charge in [-0.2, -0.15) is 0 Å². The third-order valence-corrected chi connectivity index (χ3v) is 6.80. The molecule has 32 heavy (non-hydrogen) atoms. The minimum Gasteiger partial charge on any atom is -0.351 e. The third-order valence-electron chi connectivity index (χ3n) is 6.80. The first kappa shape index (κ1) is 22.5. The van der Waals surface area contributed by atoms with Crippen LogP contribution in [0.5, 0.6) is 0 Å². The molecule has 2 aliphatic rings. The van der Waals surface area contributed by atoms with Crippen LogP contribution in [0.3, 0.4) is 0 Å². The monoisotopic (exact) mass is 435 g/mol. The third kappa shape index (κ3) is 4.56. The summed E-state index contributed by atoms with van der Waals surface area (Å²) in [6, 6.07) is 9.68. The maximum absolute atomic E-state index is 13.5. The molecular formula is C26H33N3O3. The largest absolute Gasteiger partial charge is 0.351 e. The standard InChI is InChI=1S/C26H33N3O3/c1-18-9-7-8-13-28(18)14-12-27-24(31)23-20-15-26(2,3)16-22(30)21(20)17-29(25(23)32)19-10-5-4-6-11-19/h4-6,10-11,17-18H,7-9,12-16H2,1-3H3,(H,27,31)/t18-/m0/s1. The van der Waals surface area contributed by atoms with E-state index in [0.29, 0.717) is 42.2 Å². The van der Waals surface area contributed by atoms with Crippen LogP contribution in [0.2, 0.25) is 0 Å². The number of piperidine rings is 1. The number of ketones is 1. The van der Waals surface area contributed by atoms with E-state index >= 15 is 0 Å². The van der Waals surface area contributed by atoms with E-state index in [9.17, 15) is 14.4 Å². The minimum atomic E-state index is -0.383. The van der Waals surface area contributed by atoms with Gasteiger partial charge in [0.25, 0.3) is 11.5 Å². The van der Waals surface area contributed by atoms with Crippen LogP contribution in [0.15, 0.2) is 41.3 Å². The lowest BCUT2D eigenvalue weighted by atomic mass is 9.73. The Morgan fingerprint density at radius 3 is 2.59 bits per heavy atom. The molecule has 1 aromatic heterocycles. The van der Waals surface area contributed by atoms with E-state index in [1.165, 1.54) is 23.8 Å². The summed E-state index contributed by atoms with van der Waals surface area (Å²) in [5.74, 6) is -0.399. The topological polar surface area (TPSA) is 71.4 Å². The number of carbonyl (C=O) groups excluding carboxylic acids is 2. The van der Waals surface area contributed by atoms with Crippen molar-refractivity contribution in [2.75, 3.05) is 19.6 Å². The van der Waals surface area contributed by atoms with Crippen LogP contribution < -0.4 is 10.9 Å². The van der Waals surface area contributed by atoms with Crippen LogP contribution in [-0.4, -0.2) is 46.8 Å². The summed E-state index contributed by atoms with van der Waals surface area (Å²) in [6.07, 6.45) is 6.17. The Bertz CT molecular complexity index is 1070. The molecule has 0 unspecified atom stereocenters. The summed E-state index contributed by atoms with van der Waals surface area (Å²) < 4.78 is 1.44. The molecule has 1 aliphatic heterocycles. The summed E-state index contributed by atoms with van der Waals surface area (Å²) in [6.45, 7) is 8.53. The number of hydrogen-bond donors (Lipinski definition) is 1. The van der Waals surface area contributed by atoms with E-state index in [2.05, 4.69) is 17.1 Å². The van der Waals surface area contributed by atoms with Crippen molar-refractivity contribution < 1.29 is 9.59 Å². The van der Waals surface area contributed by atoms with Crippen LogP contribution in [0.25, 0.3) is 5.69 Å². The zero-order valence-electron chi connectivity index (χ0n) is 19.3. The van der Waals surface area contributed by atoms with Gasteiger partial charge >= 0.3 is 0 Å². The van der Waals surface area contributed by atoms with E-state index < -0.39 is 0 Å². The Morgan fingerprint density at radius 1 is 1.12 bits per heavy atom. The number of hydrogen-bond acceptors (Lipinski definition) is 4. The number of pyridine rings is 1. The summed E-state index contributed by atoms with van der Waals surface area (Å²) in [5, 5.41) is 2.97. The number of rotatable bonds is 5. The van der Waals surface area contributed by atoms with Crippen molar-refractivity contribution in [3.63, 3.8) is 0 Å². The lowest BCUT2D eigenvalue weighted by molar-refractivity contribution is 0.0907. The zero-order valence-corrected chi connectivity index (χ0v) is 19.3. The number of para-hydroxylation sites is 1. The maximum Gasteiger partial charge on any atom is 0.268 e. The van der Waals surface area contributed by atoms with E-state index in [-0.39, 0.29) is 28.2 Å². The lowest BCUT2D eigenvalue weighted by Gasteiger charge is -2.33. The Kier molecular flexibility index (Phi) is 6.33. The molecule has 0 spiro atoms. The fourth-order valence-electron chi connectivity index (χ4n) is 5.05. The summed E-state index contributed by atoms with van der Waals surface area (Å²) in [5.41, 5.74) is 1.18. The Morgan fingerprint density at radius 2 is 1.88 bits per heavy atom. The molecule has 2 aromatic rings. The summed E-state index contributed by atoms with van der Waals surface area (Å²) in [7, 11) is 0. The highest BCUT2D eigenvalue weighted by molar-refractivity contribution is 6.04. The van der Waals surface area contributed by atoms with Gasteiger partial charge in [-0.15, -0.1) is 0 Å². The predicted octanol–water partition coefficient (Wildman–Crippen LogP) is 3.60. The molecule has 1 atom stereocenters. The van der Waals surface area contributed by atoms with Crippen molar-refractivity contribution in [3.05, 3.63) is 63.6 Å². The second kappa shape index (κ2) is 9.02. The van der Waals surface area contributed by atoms with Gasteiger partial charge in [0.1, 0.15) is 5.56 Å². The second-order valence-electron chi connectivity index (χ2n) is 9.98. The minimum absolute atomic E-state index is 0.0166. The van der Waals surface area contributed by atoms with Crippen LogP contribution in [0.4, 0.5) is 0 Å². The van der Waals surface area contributed by atoms with E-state index in [1.807, 2.05) is 44.2 Å². The highest BCUT2D eigenvalue weighted by Gasteiger charge is 2.36. The molecule has 0 saturated carbocycles. The van der Waals surface area contributed by atoms with Gasteiger partial charge in [0.05, 0.1) is 0 Å². The van der Waals surface area contributed by atoms with Crippen LogP contribution in [0, 0.1) is 5.41 Å². The van der Waals surface area contributed by atoms with Crippen LogP contribution >= 0.6 is 0 Å². The van der Waals surface area contributed by atoms with Crippen molar-refractivity contribution in [2.45, 2.75) is 58.9 Å². The van der Waals surface area contributed by atoms with Gasteiger partial charge in [-0.3, -0.25) is 23.9 Å². The molecular weight excluding hydrogens is 402 g/mol. The smallest absolute Gasteiger partial charge is 0.268 e. The molecule has 1 N–H and O–H groups in total. The molecule has 6 nitrogen and oxygen atoms in total. The van der Waals surface area contributed by atoms with Gasteiger partial charge < -0.3 is 5.32 Å². The summed E-state index contributed by atoms with van der Waals surface area (Å²) in [4.78, 5) is 42.2. The van der Waals surface area contributed by atoms with Gasteiger partial charge in [-0.05, 0) is 55.8 Å². The predicted molar refractivity (Wildman–Crippen MR) is 126 cm³/mol. The number of likely N-dealkylation sites (tertiary alicyclic amines) is 1. The summed E-state index contributed by atoms with van der Waals surface area (Å²) >= 11 is 0. The van der Waals surface area contributed by atoms with Gasteiger partial charge in [0, 0.05) is 43.0 Å². The van der Waals surface area contributed by atoms with E-state index in [0.717, 1.165) is 13.1 Å². The van der Waals surface area contributed by atoms with Gasteiger partial charge in [-0.1, -0.05) is 38.5 Å². The average Bonchev–Trinajstić information content (AvgIpc) is 2.74. The first-order chi connectivity index (χ1) is 15.3. The van der Waals surface area contributed by atoms with Gasteiger partial charge in [-0.25, -0.2) is 0 Å². The highest BCUT2D eigenvalue weighted by Crippen LogP contribution is 2.35. The first-order valence-corrected chi connectivity index (χ1v) is 11.7. The molecule has 1 saturated heterocycles. The molecule has 0 radical (unpaired) electrons. The number of nitrogens with one attached hydrogen (secondary N) is 1. The lowest BCUT2D eigenvalue weighted by Crippen LogP contribution is -2.44. The number of aromatic nitrogens is 1. The van der Waals surface area contributed by atoms with Crippen molar-refractivity contribution in [3.8, 4) is 5.69 Å². The number of carbonyl (C=O) groups is 2. The molecule has 4 rings (SSSR count). The molecule has 1 amide bonds. The molecule has 1 fully saturated rings. The Hall–Kier alpha value is -2.73. The molecule has 0 bridgehead atoms.